The molecule has 7 heteroatoms. The Bertz CT molecular complexity index is 656. The minimum absolute atomic E-state index is 0.0638. The molecule has 0 aromatic carbocycles. The first-order chi connectivity index (χ1) is 10.3. The van der Waals surface area contributed by atoms with Crippen molar-refractivity contribution in [2.24, 2.45) is 0 Å². The molecule has 120 valence electrons. The van der Waals surface area contributed by atoms with Gasteiger partial charge in [-0.2, -0.15) is 10.2 Å². The molecule has 0 saturated carbocycles. The molecule has 6 nitrogen and oxygen atoms in total. The fourth-order valence-corrected chi connectivity index (χ4v) is 2.68. The summed E-state index contributed by atoms with van der Waals surface area (Å²) >= 11 is 3.42. The van der Waals surface area contributed by atoms with Gasteiger partial charge in [0.2, 0.25) is 5.91 Å². The van der Waals surface area contributed by atoms with Crippen LogP contribution < -0.4 is 5.32 Å². The highest BCUT2D eigenvalue weighted by Crippen LogP contribution is 2.20. The van der Waals surface area contributed by atoms with Gasteiger partial charge in [-0.15, -0.1) is 0 Å². The minimum Gasteiger partial charge on any atom is -0.348 e. The highest BCUT2D eigenvalue weighted by molar-refractivity contribution is 9.10. The second-order valence-corrected chi connectivity index (χ2v) is 6.30. The van der Waals surface area contributed by atoms with E-state index in [4.69, 9.17) is 0 Å². The molecule has 2 heterocycles. The lowest BCUT2D eigenvalue weighted by Crippen LogP contribution is -2.33. The van der Waals surface area contributed by atoms with Crippen molar-refractivity contribution >= 4 is 21.8 Å². The first-order valence-corrected chi connectivity index (χ1v) is 8.18. The maximum Gasteiger partial charge on any atom is 0.245 e. The quantitative estimate of drug-likeness (QED) is 0.883. The van der Waals surface area contributed by atoms with Crippen molar-refractivity contribution in [2.45, 2.75) is 53.2 Å². The Balaban J connectivity index is 2.08. The number of nitrogens with zero attached hydrogens (tertiary/aromatic N) is 4. The molecule has 2 atom stereocenters. The topological polar surface area (TPSA) is 64.7 Å². The average molecular weight is 368 g/mol. The Morgan fingerprint density at radius 1 is 1.41 bits per heavy atom. The van der Waals surface area contributed by atoms with Crippen molar-refractivity contribution in [3.63, 3.8) is 0 Å². The van der Waals surface area contributed by atoms with Crippen molar-refractivity contribution in [3.05, 3.63) is 33.8 Å². The Labute approximate surface area is 139 Å². The summed E-state index contributed by atoms with van der Waals surface area (Å²) in [5.41, 5.74) is 2.99. The Hall–Kier alpha value is -1.63. The van der Waals surface area contributed by atoms with Crippen LogP contribution in [0, 0.1) is 13.8 Å². The van der Waals surface area contributed by atoms with Crippen molar-refractivity contribution in [2.75, 3.05) is 0 Å². The number of amides is 1. The first kappa shape index (κ1) is 16.7. The summed E-state index contributed by atoms with van der Waals surface area (Å²) in [6, 6.07) is -0.454. The highest BCUT2D eigenvalue weighted by atomic mass is 79.9. The number of rotatable bonds is 5. The van der Waals surface area contributed by atoms with Crippen LogP contribution in [0.4, 0.5) is 0 Å². The third-order valence-corrected chi connectivity index (χ3v) is 4.68. The Kier molecular flexibility index (Phi) is 5.05. The maximum absolute atomic E-state index is 12.4. The number of carbonyl (C=O) groups excluding carboxylic acids is 1. The molecular weight excluding hydrogens is 346 g/mol. The van der Waals surface area contributed by atoms with Gasteiger partial charge in [0, 0.05) is 24.0 Å². The van der Waals surface area contributed by atoms with Crippen molar-refractivity contribution in [1.29, 1.82) is 0 Å². The van der Waals surface area contributed by atoms with Gasteiger partial charge in [0.25, 0.3) is 0 Å². The third-order valence-electron chi connectivity index (χ3n) is 3.90. The van der Waals surface area contributed by atoms with Crippen LogP contribution in [-0.2, 0) is 11.3 Å². The van der Waals surface area contributed by atoms with Crippen LogP contribution >= 0.6 is 15.9 Å². The first-order valence-electron chi connectivity index (χ1n) is 7.39. The largest absolute Gasteiger partial charge is 0.348 e. The Morgan fingerprint density at radius 3 is 2.59 bits per heavy atom. The molecule has 0 spiro atoms. The van der Waals surface area contributed by atoms with Crippen molar-refractivity contribution in [1.82, 2.24) is 24.9 Å². The number of hydrogen-bond donors (Lipinski definition) is 1. The molecule has 2 aromatic heterocycles. The lowest BCUT2D eigenvalue weighted by Gasteiger charge is -2.18. The van der Waals surface area contributed by atoms with Crippen LogP contribution in [0.1, 0.15) is 49.8 Å². The van der Waals surface area contributed by atoms with E-state index in [1.54, 1.807) is 4.68 Å². The van der Waals surface area contributed by atoms with Gasteiger partial charge < -0.3 is 5.32 Å². The highest BCUT2D eigenvalue weighted by Gasteiger charge is 2.21. The molecule has 0 aliphatic carbocycles. The number of hydrogen-bond acceptors (Lipinski definition) is 3. The SMILES string of the molecule is CCn1ncc(C(C)NC(=O)C(C)n2cc(Br)c(C)n2)c1C. The molecule has 2 rings (SSSR count). The third kappa shape index (κ3) is 3.24. The van der Waals surface area contributed by atoms with Gasteiger partial charge in [-0.05, 0) is 50.5 Å². The molecule has 1 amide bonds. The molecule has 0 radical (unpaired) electrons. The van der Waals surface area contributed by atoms with Crippen LogP contribution in [-0.4, -0.2) is 25.5 Å². The van der Waals surface area contributed by atoms with E-state index in [1.165, 1.54) is 0 Å². The monoisotopic (exact) mass is 367 g/mol. The summed E-state index contributed by atoms with van der Waals surface area (Å²) in [4.78, 5) is 12.4. The van der Waals surface area contributed by atoms with E-state index in [1.807, 2.05) is 51.7 Å². The van der Waals surface area contributed by atoms with Gasteiger partial charge in [-0.1, -0.05) is 0 Å². The van der Waals surface area contributed by atoms with E-state index in [0.29, 0.717) is 0 Å². The number of aryl methyl sites for hydroxylation is 2. The second-order valence-electron chi connectivity index (χ2n) is 5.45. The fraction of sp³-hybridized carbons (Fsp3) is 0.533. The zero-order valence-electron chi connectivity index (χ0n) is 13.6. The molecule has 0 aliphatic rings. The number of nitrogens with one attached hydrogen (secondary N) is 1. The minimum atomic E-state index is -0.367. The van der Waals surface area contributed by atoms with Crippen LogP contribution in [0.3, 0.4) is 0 Å². The summed E-state index contributed by atoms with van der Waals surface area (Å²) in [6.45, 7) is 10.6. The lowest BCUT2D eigenvalue weighted by molar-refractivity contribution is -0.124. The van der Waals surface area contributed by atoms with Gasteiger partial charge >= 0.3 is 0 Å². The lowest BCUT2D eigenvalue weighted by atomic mass is 10.1. The summed E-state index contributed by atoms with van der Waals surface area (Å²) in [5, 5.41) is 11.7. The zero-order valence-corrected chi connectivity index (χ0v) is 15.2. The smallest absolute Gasteiger partial charge is 0.245 e. The van der Waals surface area contributed by atoms with Crippen molar-refractivity contribution < 1.29 is 4.79 Å². The number of aromatic nitrogens is 4. The van der Waals surface area contributed by atoms with Gasteiger partial charge in [-0.25, -0.2) is 0 Å². The molecule has 0 bridgehead atoms. The van der Waals surface area contributed by atoms with E-state index in [0.717, 1.165) is 28.0 Å². The second kappa shape index (κ2) is 6.64. The van der Waals surface area contributed by atoms with Crippen LogP contribution in [0.25, 0.3) is 0 Å². The normalized spacial score (nSPS) is 13.9. The number of halogens is 1. The van der Waals surface area contributed by atoms with E-state index in [-0.39, 0.29) is 18.0 Å². The predicted octanol–water partition coefficient (Wildman–Crippen LogP) is 2.92. The summed E-state index contributed by atoms with van der Waals surface area (Å²) < 4.78 is 4.50. The standard InChI is InChI=1S/C15H22BrN5O/c1-6-20-11(4)13(7-17-20)9(2)18-15(22)12(5)21-8-14(16)10(3)19-21/h7-9,12H,6H2,1-5H3,(H,18,22). The average Bonchev–Trinajstić information content (AvgIpc) is 3.01. The zero-order chi connectivity index (χ0) is 16.4. The molecule has 1 N–H and O–H groups in total. The predicted molar refractivity (Wildman–Crippen MR) is 88.6 cm³/mol. The fourth-order valence-electron chi connectivity index (χ4n) is 2.39. The molecule has 2 unspecified atom stereocenters. The molecule has 22 heavy (non-hydrogen) atoms. The summed E-state index contributed by atoms with van der Waals surface area (Å²) in [7, 11) is 0. The summed E-state index contributed by atoms with van der Waals surface area (Å²) in [6.07, 6.45) is 3.65. The van der Waals surface area contributed by atoms with Crippen LogP contribution in [0.2, 0.25) is 0 Å². The molecule has 2 aromatic rings. The van der Waals surface area contributed by atoms with Gasteiger partial charge in [0.1, 0.15) is 6.04 Å². The maximum atomic E-state index is 12.4. The molecule has 0 fully saturated rings. The van der Waals surface area contributed by atoms with Gasteiger partial charge in [-0.3, -0.25) is 14.2 Å². The molecule has 0 aliphatic heterocycles. The van der Waals surface area contributed by atoms with Crippen molar-refractivity contribution in [3.8, 4) is 0 Å². The van der Waals surface area contributed by atoms with E-state index in [9.17, 15) is 4.79 Å². The van der Waals surface area contributed by atoms with E-state index >= 15 is 0 Å². The van der Waals surface area contributed by atoms with Crippen LogP contribution in [0.5, 0.6) is 0 Å². The van der Waals surface area contributed by atoms with Gasteiger partial charge in [0.05, 0.1) is 22.4 Å². The van der Waals surface area contributed by atoms with Gasteiger partial charge in [0.15, 0.2) is 0 Å². The summed E-state index contributed by atoms with van der Waals surface area (Å²) in [5.74, 6) is -0.0638. The van der Waals surface area contributed by atoms with Crippen LogP contribution in [0.15, 0.2) is 16.9 Å². The Morgan fingerprint density at radius 2 is 2.09 bits per heavy atom. The van der Waals surface area contributed by atoms with E-state index in [2.05, 4.69) is 31.4 Å². The molecule has 0 saturated heterocycles. The van der Waals surface area contributed by atoms with E-state index < -0.39 is 0 Å². The molecular formula is C15H22BrN5O. The number of carbonyl (C=O) groups is 1.